The summed E-state index contributed by atoms with van der Waals surface area (Å²) in [4.78, 5) is 40.9. The number of benzene rings is 1. The van der Waals surface area contributed by atoms with Gasteiger partial charge in [-0.2, -0.15) is 0 Å². The van der Waals surface area contributed by atoms with Crippen molar-refractivity contribution in [1.29, 1.82) is 0 Å². The molecule has 0 unspecified atom stereocenters. The molecule has 7 heteroatoms. The maximum absolute atomic E-state index is 12.8. The third-order valence-electron chi connectivity index (χ3n) is 5.18. The Morgan fingerprint density at radius 3 is 2.35 bits per heavy atom. The molecule has 0 spiro atoms. The van der Waals surface area contributed by atoms with Crippen molar-refractivity contribution in [2.45, 2.75) is 53.1 Å². The van der Waals surface area contributed by atoms with Crippen LogP contribution in [0.4, 0.5) is 0 Å². The number of aryl methyl sites for hydroxylation is 1. The summed E-state index contributed by atoms with van der Waals surface area (Å²) in [6.45, 7) is 8.70. The minimum Gasteiger partial charge on any atom is -0.493 e. The number of ether oxygens (including phenoxy) is 3. The van der Waals surface area contributed by atoms with Crippen molar-refractivity contribution >= 4 is 17.7 Å². The molecule has 0 aliphatic carbocycles. The van der Waals surface area contributed by atoms with Crippen molar-refractivity contribution in [2.24, 2.45) is 5.92 Å². The summed E-state index contributed by atoms with van der Waals surface area (Å²) >= 11 is 0. The first-order valence-electron chi connectivity index (χ1n) is 10.2. The first kappa shape index (κ1) is 24.1. The van der Waals surface area contributed by atoms with Crippen LogP contribution in [0, 0.1) is 12.8 Å². The molecule has 0 saturated heterocycles. The topological polar surface area (TPSA) is 91.8 Å². The van der Waals surface area contributed by atoms with Crippen LogP contribution in [-0.4, -0.2) is 35.9 Å². The molecule has 3 atom stereocenters. The first-order chi connectivity index (χ1) is 14.6. The Hall–Kier alpha value is -3.22. The highest BCUT2D eigenvalue weighted by Gasteiger charge is 2.27. The van der Waals surface area contributed by atoms with E-state index in [4.69, 9.17) is 14.2 Å². The molecular formula is C24H29NO6. The molecular weight excluding hydrogens is 398 g/mol. The van der Waals surface area contributed by atoms with Crippen molar-refractivity contribution in [3.8, 4) is 11.5 Å². The highest BCUT2D eigenvalue weighted by molar-refractivity contribution is 5.99. The quantitative estimate of drug-likeness (QED) is 0.436. The van der Waals surface area contributed by atoms with Crippen LogP contribution in [-0.2, 0) is 14.3 Å². The summed E-state index contributed by atoms with van der Waals surface area (Å²) in [6, 6.07) is 9.44. The smallest absolute Gasteiger partial charge is 0.309 e. The van der Waals surface area contributed by atoms with Gasteiger partial charge in [-0.05, 0) is 25.0 Å². The number of carbonyl (C=O) groups excluding carboxylic acids is 3. The zero-order valence-corrected chi connectivity index (χ0v) is 18.8. The third-order valence-corrected chi connectivity index (χ3v) is 5.18. The number of methoxy groups -OCH3 is 1. The molecule has 0 aliphatic heterocycles. The minimum atomic E-state index is -0.697. The van der Waals surface area contributed by atoms with E-state index in [2.05, 4.69) is 4.98 Å². The Morgan fingerprint density at radius 1 is 1.06 bits per heavy atom. The number of ketones is 1. The molecule has 7 nitrogen and oxygen atoms in total. The zero-order chi connectivity index (χ0) is 23.1. The van der Waals surface area contributed by atoms with Crippen LogP contribution in [0.25, 0.3) is 0 Å². The molecule has 1 aromatic carbocycles. The van der Waals surface area contributed by atoms with Gasteiger partial charge in [0.2, 0.25) is 5.75 Å². The lowest BCUT2D eigenvalue weighted by molar-refractivity contribution is -0.153. The van der Waals surface area contributed by atoms with Gasteiger partial charge in [-0.1, -0.05) is 38.1 Å². The highest BCUT2D eigenvalue weighted by atomic mass is 16.6. The molecule has 166 valence electrons. The maximum Gasteiger partial charge on any atom is 0.309 e. The van der Waals surface area contributed by atoms with Gasteiger partial charge >= 0.3 is 11.9 Å². The van der Waals surface area contributed by atoms with Crippen LogP contribution in [0.3, 0.4) is 0 Å². The van der Waals surface area contributed by atoms with E-state index >= 15 is 0 Å². The molecule has 1 aromatic heterocycles. The van der Waals surface area contributed by atoms with E-state index in [0.29, 0.717) is 0 Å². The predicted molar refractivity (Wildman–Crippen MR) is 115 cm³/mol. The third kappa shape index (κ3) is 6.13. The zero-order valence-electron chi connectivity index (χ0n) is 18.8. The molecule has 0 saturated carbocycles. The summed E-state index contributed by atoms with van der Waals surface area (Å²) < 4.78 is 15.9. The Morgan fingerprint density at radius 2 is 1.74 bits per heavy atom. The fraction of sp³-hybridized carbons (Fsp3) is 0.417. The van der Waals surface area contributed by atoms with Crippen LogP contribution < -0.4 is 9.47 Å². The standard InChI is InChI=1S/C24H29NO6/c1-14-9-7-8-10-19(14)16(3)17(4)30-24(28)15(2)13-20(27)22-23(31-18(5)26)21(29-6)11-12-25-22/h7-12,15-17H,13H2,1-6H3/t15-,16-,17+/m1/s1. The van der Waals surface area contributed by atoms with Gasteiger partial charge in [-0.25, -0.2) is 4.98 Å². The lowest BCUT2D eigenvalue weighted by Gasteiger charge is -2.23. The molecule has 0 bridgehead atoms. The van der Waals surface area contributed by atoms with Crippen molar-refractivity contribution in [3.05, 3.63) is 53.3 Å². The second-order valence-electron chi connectivity index (χ2n) is 7.60. The fourth-order valence-corrected chi connectivity index (χ4v) is 3.24. The lowest BCUT2D eigenvalue weighted by Crippen LogP contribution is -2.26. The largest absolute Gasteiger partial charge is 0.493 e. The Labute approximate surface area is 182 Å². The van der Waals surface area contributed by atoms with Crippen LogP contribution in [0.2, 0.25) is 0 Å². The normalized spacial score (nSPS) is 13.6. The van der Waals surface area contributed by atoms with Crippen LogP contribution >= 0.6 is 0 Å². The summed E-state index contributed by atoms with van der Waals surface area (Å²) in [5.74, 6) is -2.06. The van der Waals surface area contributed by atoms with E-state index in [1.54, 1.807) is 6.92 Å². The predicted octanol–water partition coefficient (Wildman–Crippen LogP) is 4.27. The molecule has 0 aliphatic rings. The summed E-state index contributed by atoms with van der Waals surface area (Å²) in [5.41, 5.74) is 2.18. The number of rotatable bonds is 9. The summed E-state index contributed by atoms with van der Waals surface area (Å²) in [5, 5.41) is 0. The number of carbonyl (C=O) groups is 3. The minimum absolute atomic E-state index is 0.00340. The second-order valence-corrected chi connectivity index (χ2v) is 7.60. The van der Waals surface area contributed by atoms with Crippen molar-refractivity contribution in [2.75, 3.05) is 7.11 Å². The molecule has 0 N–H and O–H groups in total. The van der Waals surface area contributed by atoms with E-state index in [9.17, 15) is 14.4 Å². The van der Waals surface area contributed by atoms with Crippen molar-refractivity contribution in [1.82, 2.24) is 4.98 Å². The average Bonchev–Trinajstić information content (AvgIpc) is 2.73. The number of Topliss-reactive ketones (excluding diaryl/α,β-unsaturated/α-hetero) is 1. The summed E-state index contributed by atoms with van der Waals surface area (Å²) in [6.07, 6.45) is 0.880. The van der Waals surface area contributed by atoms with E-state index in [-0.39, 0.29) is 35.6 Å². The number of nitrogens with zero attached hydrogens (tertiary/aromatic N) is 1. The Kier molecular flexibility index (Phi) is 8.30. The molecule has 0 amide bonds. The number of hydrogen-bond donors (Lipinski definition) is 0. The average molecular weight is 427 g/mol. The Balaban J connectivity index is 2.08. The van der Waals surface area contributed by atoms with E-state index in [1.807, 2.05) is 45.0 Å². The second kappa shape index (κ2) is 10.7. The molecule has 1 heterocycles. The van der Waals surface area contributed by atoms with E-state index in [0.717, 1.165) is 11.1 Å². The SMILES string of the molecule is COc1ccnc(C(=O)C[C@@H](C)C(=O)O[C@@H](C)[C@@H](C)c2ccccc2C)c1OC(C)=O. The van der Waals surface area contributed by atoms with Crippen molar-refractivity contribution < 1.29 is 28.6 Å². The van der Waals surface area contributed by atoms with E-state index < -0.39 is 23.6 Å². The van der Waals surface area contributed by atoms with Crippen LogP contribution in [0.1, 0.15) is 61.6 Å². The number of aromatic nitrogens is 1. The van der Waals surface area contributed by atoms with Gasteiger partial charge in [0.25, 0.3) is 0 Å². The van der Waals surface area contributed by atoms with Gasteiger partial charge in [0, 0.05) is 31.5 Å². The van der Waals surface area contributed by atoms with Gasteiger partial charge < -0.3 is 14.2 Å². The number of hydrogen-bond acceptors (Lipinski definition) is 7. The molecule has 2 aromatic rings. The number of esters is 2. The molecule has 31 heavy (non-hydrogen) atoms. The fourth-order valence-electron chi connectivity index (χ4n) is 3.24. The van der Waals surface area contributed by atoms with Crippen molar-refractivity contribution in [3.63, 3.8) is 0 Å². The van der Waals surface area contributed by atoms with Gasteiger partial charge in [0.05, 0.1) is 13.0 Å². The number of pyridine rings is 1. The molecule has 0 radical (unpaired) electrons. The van der Waals surface area contributed by atoms with Gasteiger partial charge in [0.1, 0.15) is 6.10 Å². The Bertz CT molecular complexity index is 955. The first-order valence-corrected chi connectivity index (χ1v) is 10.2. The summed E-state index contributed by atoms with van der Waals surface area (Å²) in [7, 11) is 1.40. The maximum atomic E-state index is 12.8. The molecule has 0 fully saturated rings. The van der Waals surface area contributed by atoms with Gasteiger partial charge in [-0.3, -0.25) is 14.4 Å². The monoisotopic (exact) mass is 427 g/mol. The van der Waals surface area contributed by atoms with E-state index in [1.165, 1.54) is 26.3 Å². The van der Waals surface area contributed by atoms with Crippen LogP contribution in [0.15, 0.2) is 36.5 Å². The lowest BCUT2D eigenvalue weighted by atomic mass is 9.92. The molecule has 2 rings (SSSR count). The van der Waals surface area contributed by atoms with Gasteiger partial charge in [-0.15, -0.1) is 0 Å². The highest BCUT2D eigenvalue weighted by Crippen LogP contribution is 2.31. The van der Waals surface area contributed by atoms with Crippen LogP contribution in [0.5, 0.6) is 11.5 Å². The van der Waals surface area contributed by atoms with Gasteiger partial charge in [0.15, 0.2) is 17.2 Å².